The highest BCUT2D eigenvalue weighted by atomic mass is 35.5. The molecule has 0 aromatic heterocycles. The van der Waals surface area contributed by atoms with Crippen LogP contribution in [0.25, 0.3) is 0 Å². The summed E-state index contributed by atoms with van der Waals surface area (Å²) in [6.45, 7) is -0.759. The summed E-state index contributed by atoms with van der Waals surface area (Å²) in [4.78, 5) is 57.7. The van der Waals surface area contributed by atoms with E-state index in [2.05, 4.69) is 10.6 Å². The number of nitriles is 1. The Bertz CT molecular complexity index is 1250. The van der Waals surface area contributed by atoms with Crippen molar-refractivity contribution < 1.29 is 29.0 Å². The van der Waals surface area contributed by atoms with Crippen LogP contribution < -0.4 is 10.6 Å². The zero-order valence-corrected chi connectivity index (χ0v) is 20.1. The molecule has 36 heavy (non-hydrogen) atoms. The molecule has 2 rings (SSSR count). The lowest BCUT2D eigenvalue weighted by atomic mass is 10.1. The number of rotatable bonds is 11. The Balaban J connectivity index is 2.05. The number of thioether (sulfide) groups is 1. The van der Waals surface area contributed by atoms with Gasteiger partial charge in [-0.05, 0) is 30.6 Å². The van der Waals surface area contributed by atoms with Crippen LogP contribution in [0, 0.1) is 31.6 Å². The first-order valence-electron chi connectivity index (χ1n) is 9.96. The summed E-state index contributed by atoms with van der Waals surface area (Å²) < 4.78 is 5.00. The van der Waals surface area contributed by atoms with Crippen LogP contribution in [0.4, 0.5) is 17.1 Å². The number of nitrogens with one attached hydrogen (secondary N) is 2. The Morgan fingerprint density at radius 3 is 2.36 bits per heavy atom. The normalized spacial score (nSPS) is 11.0. The van der Waals surface area contributed by atoms with E-state index in [-0.39, 0.29) is 39.6 Å². The van der Waals surface area contributed by atoms with Crippen molar-refractivity contribution in [2.24, 2.45) is 0 Å². The van der Waals surface area contributed by atoms with Gasteiger partial charge in [0.2, 0.25) is 0 Å². The lowest BCUT2D eigenvalue weighted by Gasteiger charge is -2.18. The number of amides is 2. The summed E-state index contributed by atoms with van der Waals surface area (Å²) in [5.41, 5.74) is -0.910. The summed E-state index contributed by atoms with van der Waals surface area (Å²) in [5, 5.41) is 35.4. The number of nitrogens with zero attached hydrogens (tertiary/aromatic N) is 3. The van der Waals surface area contributed by atoms with E-state index in [0.29, 0.717) is 5.75 Å². The molecule has 2 N–H and O–H groups in total. The van der Waals surface area contributed by atoms with Gasteiger partial charge >= 0.3 is 5.97 Å². The number of carbonyl (C=O) groups is 3. The molecule has 0 bridgehead atoms. The Labute approximate surface area is 213 Å². The van der Waals surface area contributed by atoms with Crippen LogP contribution in [0.2, 0.25) is 5.02 Å². The molecule has 2 aromatic rings. The van der Waals surface area contributed by atoms with Gasteiger partial charge in [-0.25, -0.2) is 4.79 Å². The van der Waals surface area contributed by atoms with Gasteiger partial charge < -0.3 is 15.4 Å². The molecule has 13 nitrogen and oxygen atoms in total. The minimum absolute atomic E-state index is 0.0100. The van der Waals surface area contributed by atoms with E-state index in [0.717, 1.165) is 30.3 Å². The Morgan fingerprint density at radius 2 is 1.78 bits per heavy atom. The van der Waals surface area contributed by atoms with Crippen LogP contribution in [0.15, 0.2) is 36.4 Å². The number of carbonyl (C=O) groups excluding carboxylic acids is 3. The van der Waals surface area contributed by atoms with Crippen LogP contribution in [-0.2, 0) is 14.3 Å². The molecule has 188 valence electrons. The molecule has 1 atom stereocenters. The van der Waals surface area contributed by atoms with Crippen molar-refractivity contribution in [2.45, 2.75) is 12.5 Å². The fraction of sp³-hybridized carbons (Fsp3) is 0.238. The Hall–Kier alpha value is -4.22. The zero-order valence-electron chi connectivity index (χ0n) is 18.6. The maximum absolute atomic E-state index is 12.6. The van der Waals surface area contributed by atoms with Crippen LogP contribution in [0.3, 0.4) is 0 Å². The highest BCUT2D eigenvalue weighted by Crippen LogP contribution is 2.23. The number of esters is 1. The summed E-state index contributed by atoms with van der Waals surface area (Å²) in [5.74, 6) is -2.06. The Kier molecular flexibility index (Phi) is 10.1. The molecule has 0 saturated heterocycles. The molecule has 0 aliphatic heterocycles. The number of nitro benzene ring substituents is 2. The highest BCUT2D eigenvalue weighted by molar-refractivity contribution is 7.98. The van der Waals surface area contributed by atoms with E-state index in [1.807, 2.05) is 0 Å². The fourth-order valence-electron chi connectivity index (χ4n) is 2.79. The number of benzene rings is 2. The van der Waals surface area contributed by atoms with Crippen molar-refractivity contribution in [1.82, 2.24) is 5.32 Å². The number of non-ortho nitro benzene ring substituents is 2. The summed E-state index contributed by atoms with van der Waals surface area (Å²) in [6.07, 6.45) is 1.93. The van der Waals surface area contributed by atoms with E-state index in [1.165, 1.54) is 17.8 Å². The first-order chi connectivity index (χ1) is 17.1. The monoisotopic (exact) mass is 535 g/mol. The first-order valence-corrected chi connectivity index (χ1v) is 11.7. The van der Waals surface area contributed by atoms with E-state index >= 15 is 0 Å². The molecule has 0 saturated carbocycles. The number of nitro groups is 2. The number of hydrogen-bond donors (Lipinski definition) is 2. The van der Waals surface area contributed by atoms with Crippen LogP contribution in [0.5, 0.6) is 0 Å². The number of halogens is 1. The summed E-state index contributed by atoms with van der Waals surface area (Å²) in [6, 6.07) is 7.07. The second-order valence-corrected chi connectivity index (χ2v) is 8.38. The van der Waals surface area contributed by atoms with Gasteiger partial charge in [0.1, 0.15) is 12.1 Å². The van der Waals surface area contributed by atoms with E-state index in [9.17, 15) is 34.6 Å². The third-order valence-electron chi connectivity index (χ3n) is 4.56. The van der Waals surface area contributed by atoms with Gasteiger partial charge in [0.25, 0.3) is 23.2 Å². The minimum atomic E-state index is -1.15. The molecular formula is C21H18ClN5O8S. The lowest BCUT2D eigenvalue weighted by Crippen LogP contribution is -2.43. The van der Waals surface area contributed by atoms with Crippen LogP contribution in [0.1, 0.15) is 22.3 Å². The van der Waals surface area contributed by atoms with Crippen LogP contribution >= 0.6 is 23.4 Å². The largest absolute Gasteiger partial charge is 0.454 e. The fourth-order valence-corrected chi connectivity index (χ4v) is 3.53. The van der Waals surface area contributed by atoms with Crippen molar-refractivity contribution in [3.05, 3.63) is 72.8 Å². The second kappa shape index (κ2) is 13.0. The SMILES string of the molecule is CSCCC(NC(=O)c1ccc([N+](=O)[O-])cc1Cl)C(=O)OCC(=O)Nc1ccc([N+](=O)[O-])cc1C#N. The smallest absolute Gasteiger partial charge is 0.329 e. The first kappa shape index (κ1) is 28.0. The van der Waals surface area contributed by atoms with Gasteiger partial charge in [-0.3, -0.25) is 29.8 Å². The lowest BCUT2D eigenvalue weighted by molar-refractivity contribution is -0.385. The number of hydrogen-bond acceptors (Lipinski definition) is 10. The molecule has 0 heterocycles. The maximum Gasteiger partial charge on any atom is 0.329 e. The quantitative estimate of drug-likeness (QED) is 0.245. The molecule has 2 aromatic carbocycles. The summed E-state index contributed by atoms with van der Waals surface area (Å²) >= 11 is 7.36. The predicted octanol–water partition coefficient (Wildman–Crippen LogP) is 3.06. The Morgan fingerprint density at radius 1 is 1.14 bits per heavy atom. The van der Waals surface area contributed by atoms with Gasteiger partial charge in [-0.1, -0.05) is 11.6 Å². The molecule has 0 fully saturated rings. The molecule has 2 amide bonds. The number of ether oxygens (including phenoxy) is 1. The molecule has 1 unspecified atom stereocenters. The predicted molar refractivity (Wildman–Crippen MR) is 130 cm³/mol. The number of anilines is 1. The van der Waals surface area contributed by atoms with Gasteiger partial charge in [0.15, 0.2) is 6.61 Å². The van der Waals surface area contributed by atoms with Crippen molar-refractivity contribution in [2.75, 3.05) is 23.9 Å². The molecular weight excluding hydrogens is 518 g/mol. The van der Waals surface area contributed by atoms with Crippen molar-refractivity contribution >= 4 is 58.2 Å². The third kappa shape index (κ3) is 7.65. The molecule has 0 aliphatic carbocycles. The van der Waals surface area contributed by atoms with E-state index in [4.69, 9.17) is 21.6 Å². The zero-order chi connectivity index (χ0) is 26.8. The molecule has 0 radical (unpaired) electrons. The summed E-state index contributed by atoms with van der Waals surface area (Å²) in [7, 11) is 0. The van der Waals surface area contributed by atoms with Gasteiger partial charge in [-0.2, -0.15) is 17.0 Å². The van der Waals surface area contributed by atoms with Crippen molar-refractivity contribution in [3.8, 4) is 6.07 Å². The average Bonchev–Trinajstić information content (AvgIpc) is 2.84. The average molecular weight is 536 g/mol. The van der Waals surface area contributed by atoms with Crippen molar-refractivity contribution in [1.29, 1.82) is 5.26 Å². The standard InChI is InChI=1S/C21H18ClN5O8S/c1-36-7-6-18(25-20(29)15-4-2-14(27(33)34)9-16(15)22)21(30)35-11-19(28)24-17-5-3-13(26(31)32)8-12(17)10-23/h2-5,8-9,18H,6-7,11H2,1H3,(H,24,28)(H,25,29). The molecule has 15 heteroatoms. The van der Waals surface area contributed by atoms with E-state index in [1.54, 1.807) is 12.3 Å². The van der Waals surface area contributed by atoms with Crippen molar-refractivity contribution in [3.63, 3.8) is 0 Å². The molecule has 0 aliphatic rings. The second-order valence-electron chi connectivity index (χ2n) is 6.98. The van der Waals surface area contributed by atoms with Gasteiger partial charge in [0, 0.05) is 24.3 Å². The molecule has 0 spiro atoms. The van der Waals surface area contributed by atoms with Gasteiger partial charge in [-0.15, -0.1) is 0 Å². The van der Waals surface area contributed by atoms with E-state index < -0.39 is 40.3 Å². The third-order valence-corrected chi connectivity index (χ3v) is 5.52. The van der Waals surface area contributed by atoms with Crippen LogP contribution in [-0.4, -0.2) is 52.3 Å². The maximum atomic E-state index is 12.6. The highest BCUT2D eigenvalue weighted by Gasteiger charge is 2.25. The minimum Gasteiger partial charge on any atom is -0.454 e. The topological polar surface area (TPSA) is 195 Å². The van der Waals surface area contributed by atoms with Gasteiger partial charge in [0.05, 0.1) is 31.7 Å².